The molecule has 0 aliphatic heterocycles. The van der Waals surface area contributed by atoms with Crippen LogP contribution >= 0.6 is 39.3 Å². The zero-order chi connectivity index (χ0) is 22.3. The van der Waals surface area contributed by atoms with Gasteiger partial charge in [0.25, 0.3) is 0 Å². The van der Waals surface area contributed by atoms with Crippen LogP contribution in [0.2, 0.25) is 5.02 Å². The Hall–Kier alpha value is -2.61. The number of nitrogens with zero attached hydrogens (tertiary/aromatic N) is 4. The van der Waals surface area contributed by atoms with Crippen molar-refractivity contribution in [3.05, 3.63) is 105 Å². The van der Waals surface area contributed by atoms with Crippen LogP contribution in [0.3, 0.4) is 0 Å². The van der Waals surface area contributed by atoms with Crippen molar-refractivity contribution in [3.63, 3.8) is 0 Å². The number of thioether (sulfide) groups is 1. The lowest BCUT2D eigenvalue weighted by molar-refractivity contribution is 0.306. The van der Waals surface area contributed by atoms with Gasteiger partial charge >= 0.3 is 0 Å². The molecule has 3 aromatic carbocycles. The fourth-order valence-electron chi connectivity index (χ4n) is 2.87. The normalized spacial score (nSPS) is 11.2. The van der Waals surface area contributed by atoms with Gasteiger partial charge in [-0.3, -0.25) is 0 Å². The monoisotopic (exact) mass is 526 g/mol. The van der Waals surface area contributed by atoms with Crippen molar-refractivity contribution in [2.45, 2.75) is 24.4 Å². The van der Waals surface area contributed by atoms with E-state index >= 15 is 0 Å². The molecule has 0 spiro atoms. The molecular formula is C24H20BrClN4OS. The number of aryl methyl sites for hydroxylation is 1. The third-order valence-corrected chi connectivity index (χ3v) is 6.36. The van der Waals surface area contributed by atoms with Crippen molar-refractivity contribution in [2.75, 3.05) is 0 Å². The first-order chi connectivity index (χ1) is 15.6. The second-order valence-electron chi connectivity index (χ2n) is 6.95. The van der Waals surface area contributed by atoms with Crippen molar-refractivity contribution in [2.24, 2.45) is 5.10 Å². The van der Waals surface area contributed by atoms with E-state index in [4.69, 9.17) is 16.3 Å². The van der Waals surface area contributed by atoms with Crippen LogP contribution in [-0.2, 0) is 12.4 Å². The maximum Gasteiger partial charge on any atom is 0.212 e. The highest BCUT2D eigenvalue weighted by molar-refractivity contribution is 9.10. The summed E-state index contributed by atoms with van der Waals surface area (Å²) in [5.41, 5.74) is 3.12. The van der Waals surface area contributed by atoms with E-state index in [2.05, 4.69) is 43.4 Å². The lowest BCUT2D eigenvalue weighted by Gasteiger charge is -2.09. The Morgan fingerprint density at radius 3 is 2.50 bits per heavy atom. The molecule has 32 heavy (non-hydrogen) atoms. The van der Waals surface area contributed by atoms with E-state index < -0.39 is 0 Å². The number of halogens is 2. The molecule has 0 aliphatic carbocycles. The highest BCUT2D eigenvalue weighted by Crippen LogP contribution is 2.24. The molecule has 8 heteroatoms. The van der Waals surface area contributed by atoms with E-state index in [0.717, 1.165) is 38.1 Å². The number of rotatable bonds is 8. The third kappa shape index (κ3) is 6.00. The number of para-hydroxylation sites is 1. The van der Waals surface area contributed by atoms with Crippen molar-refractivity contribution < 1.29 is 4.74 Å². The number of aromatic nitrogens is 3. The molecule has 1 heterocycles. The highest BCUT2D eigenvalue weighted by Gasteiger charge is 2.09. The summed E-state index contributed by atoms with van der Waals surface area (Å²) in [5, 5.41) is 14.5. The molecule has 0 aliphatic rings. The second-order valence-corrected chi connectivity index (χ2v) is 9.25. The Labute approximate surface area is 204 Å². The number of benzene rings is 3. The van der Waals surface area contributed by atoms with Gasteiger partial charge in [0.05, 0.1) is 6.21 Å². The van der Waals surface area contributed by atoms with Crippen molar-refractivity contribution in [1.82, 2.24) is 14.9 Å². The molecule has 0 unspecified atom stereocenters. The summed E-state index contributed by atoms with van der Waals surface area (Å²) in [6.45, 7) is 2.33. The maximum absolute atomic E-state index is 6.02. The van der Waals surface area contributed by atoms with E-state index in [-0.39, 0.29) is 0 Å². The van der Waals surface area contributed by atoms with Gasteiger partial charge in [-0.1, -0.05) is 75.7 Å². The summed E-state index contributed by atoms with van der Waals surface area (Å²) >= 11 is 11.0. The maximum atomic E-state index is 6.02. The molecule has 162 valence electrons. The van der Waals surface area contributed by atoms with Crippen LogP contribution in [0.4, 0.5) is 0 Å². The van der Waals surface area contributed by atoms with Gasteiger partial charge in [0.15, 0.2) is 5.82 Å². The number of hydrogen-bond acceptors (Lipinski definition) is 5. The van der Waals surface area contributed by atoms with Crippen molar-refractivity contribution in [1.29, 1.82) is 0 Å². The van der Waals surface area contributed by atoms with Crippen LogP contribution in [0, 0.1) is 6.92 Å². The predicted octanol–water partition coefficient (Wildman–Crippen LogP) is 6.76. The fourth-order valence-corrected chi connectivity index (χ4v) is 4.15. The Kier molecular flexibility index (Phi) is 7.63. The van der Waals surface area contributed by atoms with E-state index in [1.807, 2.05) is 67.6 Å². The van der Waals surface area contributed by atoms with Gasteiger partial charge in [0.2, 0.25) is 5.16 Å². The van der Waals surface area contributed by atoms with Crippen LogP contribution in [-0.4, -0.2) is 21.1 Å². The van der Waals surface area contributed by atoms with Crippen molar-refractivity contribution >= 4 is 45.5 Å². The summed E-state index contributed by atoms with van der Waals surface area (Å²) in [7, 11) is 0. The Bertz CT molecular complexity index is 1210. The standard InChI is InChI=1S/C24H20BrClN4OS/c1-17-28-29-24(32-16-19-6-10-21(25)11-7-19)30(17)27-14-20-4-2-3-5-23(20)31-15-18-8-12-22(26)13-9-18/h2-14H,15-16H2,1H3/b27-14+. The largest absolute Gasteiger partial charge is 0.488 e. The Balaban J connectivity index is 1.47. The molecule has 0 N–H and O–H groups in total. The summed E-state index contributed by atoms with van der Waals surface area (Å²) < 4.78 is 8.84. The van der Waals surface area contributed by atoms with Gasteiger partial charge in [-0.2, -0.15) is 9.78 Å². The molecule has 0 fully saturated rings. The van der Waals surface area contributed by atoms with E-state index in [9.17, 15) is 0 Å². The predicted molar refractivity (Wildman–Crippen MR) is 134 cm³/mol. The van der Waals surface area contributed by atoms with Crippen LogP contribution in [0.5, 0.6) is 5.75 Å². The molecule has 0 saturated carbocycles. The SMILES string of the molecule is Cc1nnc(SCc2ccc(Br)cc2)n1/N=C/c1ccccc1OCc1ccc(Cl)cc1. The van der Waals surface area contributed by atoms with E-state index in [1.165, 1.54) is 5.56 Å². The van der Waals surface area contributed by atoms with Crippen LogP contribution in [0.1, 0.15) is 22.5 Å². The van der Waals surface area contributed by atoms with Crippen LogP contribution in [0.15, 0.2) is 87.5 Å². The first-order valence-corrected chi connectivity index (χ1v) is 12.0. The minimum absolute atomic E-state index is 0.446. The highest BCUT2D eigenvalue weighted by atomic mass is 79.9. The zero-order valence-corrected chi connectivity index (χ0v) is 20.4. The van der Waals surface area contributed by atoms with Crippen molar-refractivity contribution in [3.8, 4) is 5.75 Å². The number of hydrogen-bond donors (Lipinski definition) is 0. The summed E-state index contributed by atoms with van der Waals surface area (Å²) in [4.78, 5) is 0. The summed E-state index contributed by atoms with van der Waals surface area (Å²) in [5.74, 6) is 2.25. The second kappa shape index (κ2) is 10.8. The minimum Gasteiger partial charge on any atom is -0.488 e. The lowest BCUT2D eigenvalue weighted by Crippen LogP contribution is -2.00. The van der Waals surface area contributed by atoms with E-state index in [1.54, 1.807) is 22.7 Å². The van der Waals surface area contributed by atoms with Gasteiger partial charge in [-0.25, -0.2) is 0 Å². The first kappa shape index (κ1) is 22.6. The van der Waals surface area contributed by atoms with Gasteiger partial charge in [0, 0.05) is 20.8 Å². The van der Waals surface area contributed by atoms with Gasteiger partial charge in [-0.15, -0.1) is 10.2 Å². The molecule has 5 nitrogen and oxygen atoms in total. The molecule has 0 radical (unpaired) electrons. The molecule has 0 bridgehead atoms. The van der Waals surface area contributed by atoms with E-state index in [0.29, 0.717) is 11.6 Å². The van der Waals surface area contributed by atoms with Gasteiger partial charge < -0.3 is 4.74 Å². The molecule has 1 aromatic heterocycles. The number of ether oxygens (including phenoxy) is 1. The Morgan fingerprint density at radius 1 is 1.00 bits per heavy atom. The molecule has 0 amide bonds. The molecule has 4 aromatic rings. The third-order valence-electron chi connectivity index (χ3n) is 4.59. The Morgan fingerprint density at radius 2 is 1.72 bits per heavy atom. The van der Waals surface area contributed by atoms with Gasteiger partial charge in [-0.05, 0) is 54.4 Å². The zero-order valence-electron chi connectivity index (χ0n) is 17.3. The first-order valence-electron chi connectivity index (χ1n) is 9.88. The van der Waals surface area contributed by atoms with Crippen LogP contribution < -0.4 is 4.74 Å². The van der Waals surface area contributed by atoms with Gasteiger partial charge in [0.1, 0.15) is 12.4 Å². The van der Waals surface area contributed by atoms with Crippen LogP contribution in [0.25, 0.3) is 0 Å². The fraction of sp³-hybridized carbons (Fsp3) is 0.125. The lowest BCUT2D eigenvalue weighted by atomic mass is 10.2. The quantitative estimate of drug-likeness (QED) is 0.188. The topological polar surface area (TPSA) is 52.3 Å². The molecule has 0 atom stereocenters. The summed E-state index contributed by atoms with van der Waals surface area (Å²) in [6.07, 6.45) is 1.78. The average Bonchev–Trinajstić information content (AvgIpc) is 3.16. The minimum atomic E-state index is 0.446. The molecule has 0 saturated heterocycles. The molecule has 4 rings (SSSR count). The summed E-state index contributed by atoms with van der Waals surface area (Å²) in [6, 6.07) is 23.7. The molecular weight excluding hydrogens is 508 g/mol. The smallest absolute Gasteiger partial charge is 0.212 e. The average molecular weight is 528 g/mol.